The maximum absolute atomic E-state index is 14.9. The molecule has 9 aromatic carbocycles. The first-order valence-corrected chi connectivity index (χ1v) is 32.9. The molecule has 0 spiro atoms. The van der Waals surface area contributed by atoms with Crippen LogP contribution in [0.4, 0.5) is 0 Å². The largest absolute Gasteiger partial charge is 0.459 e. The van der Waals surface area contributed by atoms with Crippen molar-refractivity contribution in [2.75, 3.05) is 19.8 Å². The van der Waals surface area contributed by atoms with E-state index < -0.39 is 160 Å². The van der Waals surface area contributed by atoms with E-state index in [4.69, 9.17) is 66.3 Å². The number of hydrogen-bond donors (Lipinski definition) is 1. The van der Waals surface area contributed by atoms with Gasteiger partial charge in [0.2, 0.25) is 0 Å². The van der Waals surface area contributed by atoms with Gasteiger partial charge in [-0.1, -0.05) is 164 Å². The van der Waals surface area contributed by atoms with Gasteiger partial charge in [0, 0.05) is 0 Å². The molecule has 3 heterocycles. The summed E-state index contributed by atoms with van der Waals surface area (Å²) in [6.07, 6.45) is -28.3. The third-order valence-electron chi connectivity index (χ3n) is 16.7. The lowest BCUT2D eigenvalue weighted by Crippen LogP contribution is -2.67. The number of aliphatic hydroxyl groups is 1. The molecule has 3 aliphatic heterocycles. The van der Waals surface area contributed by atoms with Crippen LogP contribution in [0.2, 0.25) is 0 Å². The Labute approximate surface area is 594 Å². The summed E-state index contributed by atoms with van der Waals surface area (Å²) in [5.74, 6) is -9.08. The minimum Gasteiger partial charge on any atom is -0.459 e. The molecule has 9 aromatic rings. The van der Waals surface area contributed by atoms with Crippen LogP contribution in [0.3, 0.4) is 0 Å². The van der Waals surface area contributed by atoms with Crippen molar-refractivity contribution in [1.29, 1.82) is 0 Å². The summed E-state index contributed by atoms with van der Waals surface area (Å²) in [7, 11) is 0. The number of carbonyl (C=O) groups excluding carboxylic acids is 9. The fourth-order valence-corrected chi connectivity index (χ4v) is 11.6. The van der Waals surface area contributed by atoms with E-state index in [1.54, 1.807) is 127 Å². The molecule has 104 heavy (non-hydrogen) atoms. The highest BCUT2D eigenvalue weighted by molar-refractivity contribution is 5.94. The maximum atomic E-state index is 14.9. The van der Waals surface area contributed by atoms with Gasteiger partial charge in [0.15, 0.2) is 55.5 Å². The van der Waals surface area contributed by atoms with Crippen LogP contribution in [-0.4, -0.2) is 165 Å². The quantitative estimate of drug-likeness (QED) is 0.0411. The average molecular weight is 1410 g/mol. The molecule has 24 heteroatoms. The van der Waals surface area contributed by atoms with E-state index in [0.717, 1.165) is 0 Å². The fourth-order valence-electron chi connectivity index (χ4n) is 11.6. The predicted molar refractivity (Wildman–Crippen MR) is 362 cm³/mol. The highest BCUT2D eigenvalue weighted by Gasteiger charge is 2.60. The Morgan fingerprint density at radius 2 is 0.433 bits per heavy atom. The molecule has 3 saturated heterocycles. The van der Waals surface area contributed by atoms with Crippen LogP contribution in [0.25, 0.3) is 0 Å². The maximum Gasteiger partial charge on any atom is 0.338 e. The summed E-state index contributed by atoms with van der Waals surface area (Å²) < 4.78 is 89.6. The molecule has 0 unspecified atom stereocenters. The molecule has 0 aromatic heterocycles. The molecule has 12 rings (SSSR count). The van der Waals surface area contributed by atoms with Gasteiger partial charge < -0.3 is 71.4 Å². The lowest BCUT2D eigenvalue weighted by molar-refractivity contribution is -0.367. The highest BCUT2D eigenvalue weighted by Crippen LogP contribution is 2.39. The summed E-state index contributed by atoms with van der Waals surface area (Å²) in [4.78, 5) is 130. The van der Waals surface area contributed by atoms with Gasteiger partial charge >= 0.3 is 53.7 Å². The number of carbonyl (C=O) groups is 9. The topological polar surface area (TPSA) is 303 Å². The van der Waals surface area contributed by atoms with Crippen LogP contribution in [0.1, 0.15) is 93.2 Å². The second-order valence-electron chi connectivity index (χ2n) is 23.7. The van der Waals surface area contributed by atoms with Gasteiger partial charge in [-0.2, -0.15) is 0 Å². The molecule has 24 nitrogen and oxygen atoms in total. The first-order chi connectivity index (χ1) is 50.7. The number of hydrogen-bond acceptors (Lipinski definition) is 24. The van der Waals surface area contributed by atoms with Crippen LogP contribution < -0.4 is 0 Å². The van der Waals surface area contributed by atoms with Crippen molar-refractivity contribution in [3.63, 3.8) is 0 Å². The Morgan fingerprint density at radius 3 is 0.712 bits per heavy atom. The lowest BCUT2D eigenvalue weighted by Gasteiger charge is -2.49. The second kappa shape index (κ2) is 34.6. The third kappa shape index (κ3) is 18.0. The van der Waals surface area contributed by atoms with Crippen molar-refractivity contribution < 1.29 is 115 Å². The minimum absolute atomic E-state index is 0.0181. The van der Waals surface area contributed by atoms with Crippen molar-refractivity contribution in [1.82, 2.24) is 0 Å². The Balaban J connectivity index is 1.02. The molecule has 0 aliphatic carbocycles. The summed E-state index contributed by atoms with van der Waals surface area (Å²) in [5, 5.41) is 12.6. The molecule has 14 atom stereocenters. The second-order valence-corrected chi connectivity index (χ2v) is 23.7. The van der Waals surface area contributed by atoms with Gasteiger partial charge in [-0.15, -0.1) is 0 Å². The van der Waals surface area contributed by atoms with Crippen molar-refractivity contribution in [3.05, 3.63) is 323 Å². The van der Waals surface area contributed by atoms with Crippen LogP contribution in [0, 0.1) is 0 Å². The third-order valence-corrected chi connectivity index (χ3v) is 16.7. The molecule has 3 fully saturated rings. The van der Waals surface area contributed by atoms with E-state index in [1.165, 1.54) is 146 Å². The van der Waals surface area contributed by atoms with E-state index >= 15 is 0 Å². The average Bonchev–Trinajstić information content (AvgIpc) is 0.854. The number of esters is 9. The first kappa shape index (κ1) is 71.8. The molecule has 0 bridgehead atoms. The van der Waals surface area contributed by atoms with Crippen molar-refractivity contribution in [2.45, 2.75) is 86.0 Å². The van der Waals surface area contributed by atoms with Gasteiger partial charge in [-0.3, -0.25) is 0 Å². The molecular formula is C80H66O24. The van der Waals surface area contributed by atoms with Gasteiger partial charge in [0.05, 0.1) is 50.1 Å². The standard InChI is InChI=1S/C80H66O24/c81-69(49-28-10-1-11-29-49)91-46-58-62(103-79-67(101-76(88)56-42-24-8-25-43-56)63(98-73(85)53-36-18-5-19-37-53)60(96-79)48-93-71(83)51-32-14-3-15-33-51)64(66(78(90)94-58)100-75(87)55-40-22-7-23-41-55)104-80-68(102-77(89)57-44-26-9-27-45-57)65(99-74(86)54-38-20-6-21-39-54)61(97-72(84)52-34-16-4-17-35-52)59(95-80)47-92-70(82)50-30-12-2-13-31-50/h1-45,58-68,78-80,90H,46-48H2/t58-,59-,60-,61-,62-,63-,64+,65+,66-,67+,68-,78+,79-,80-/m1/s1. The van der Waals surface area contributed by atoms with Crippen LogP contribution in [0.5, 0.6) is 0 Å². The Morgan fingerprint density at radius 1 is 0.231 bits per heavy atom. The van der Waals surface area contributed by atoms with E-state index in [9.17, 15) is 48.3 Å². The zero-order valence-corrected chi connectivity index (χ0v) is 55.0. The SMILES string of the molecule is O=C(OC[C@H]1O[C@H](O)[C@H](OC(=O)c2ccccc2)[C@@H](O[C@H]2O[C@H](COC(=O)c3ccccc3)[C@@H](OC(=O)c3ccccc3)[C@H](OC(=O)c3ccccc3)[C@H]2OC(=O)c2ccccc2)[C@@H]1O[C@H]1O[C@H](COC(=O)c2ccccc2)[C@@H](OC(=O)c2ccccc2)[C@@H]1OC(=O)c1ccccc1)c1ccccc1. The minimum atomic E-state index is -2.34. The molecule has 530 valence electrons. The Kier molecular flexibility index (Phi) is 23.9. The van der Waals surface area contributed by atoms with Gasteiger partial charge in [-0.05, 0) is 109 Å². The van der Waals surface area contributed by atoms with E-state index in [2.05, 4.69) is 0 Å². The van der Waals surface area contributed by atoms with Gasteiger partial charge in [0.1, 0.15) is 50.3 Å². The van der Waals surface area contributed by atoms with Crippen molar-refractivity contribution >= 4 is 53.7 Å². The normalized spacial score (nSPS) is 23.3. The number of aliphatic hydroxyl groups excluding tert-OH is 1. The summed E-state index contributed by atoms with van der Waals surface area (Å²) in [6, 6.07) is 68.6. The summed E-state index contributed by atoms with van der Waals surface area (Å²) in [6.45, 7) is -2.47. The van der Waals surface area contributed by atoms with E-state index in [-0.39, 0.29) is 50.1 Å². The van der Waals surface area contributed by atoms with Crippen LogP contribution in [-0.2, 0) is 66.3 Å². The lowest BCUT2D eigenvalue weighted by atomic mass is 9.95. The number of ether oxygens (including phenoxy) is 14. The van der Waals surface area contributed by atoms with E-state index in [0.29, 0.717) is 0 Å². The molecule has 0 radical (unpaired) electrons. The summed E-state index contributed by atoms with van der Waals surface area (Å²) in [5.41, 5.74) is -0.0501. The monoisotopic (exact) mass is 1410 g/mol. The van der Waals surface area contributed by atoms with Crippen LogP contribution >= 0.6 is 0 Å². The smallest absolute Gasteiger partial charge is 0.338 e. The van der Waals surface area contributed by atoms with Crippen molar-refractivity contribution in [3.8, 4) is 0 Å². The van der Waals surface area contributed by atoms with Gasteiger partial charge in [0.25, 0.3) is 0 Å². The molecule has 1 N–H and O–H groups in total. The fraction of sp³-hybridized carbons (Fsp3) is 0.212. The first-order valence-electron chi connectivity index (χ1n) is 32.9. The van der Waals surface area contributed by atoms with E-state index in [1.807, 2.05) is 0 Å². The van der Waals surface area contributed by atoms with Crippen molar-refractivity contribution in [2.24, 2.45) is 0 Å². The van der Waals surface area contributed by atoms with Gasteiger partial charge in [-0.25, -0.2) is 43.2 Å². The number of rotatable bonds is 25. The molecule has 0 amide bonds. The molecule has 0 saturated carbocycles. The molecular weight excluding hydrogens is 1340 g/mol. The zero-order chi connectivity index (χ0) is 72.3. The Hall–Kier alpha value is -12.0. The summed E-state index contributed by atoms with van der Waals surface area (Å²) >= 11 is 0. The highest BCUT2D eigenvalue weighted by atomic mass is 16.8. The molecule has 3 aliphatic rings. The van der Waals surface area contributed by atoms with Crippen LogP contribution in [0.15, 0.2) is 273 Å². The Bertz CT molecular complexity index is 4370. The number of benzene rings is 9. The zero-order valence-electron chi connectivity index (χ0n) is 55.0. The predicted octanol–water partition coefficient (Wildman–Crippen LogP) is 9.85.